The molecule has 7 nitrogen and oxygen atoms in total. The average Bonchev–Trinajstić information content (AvgIpc) is 3.31. The highest BCUT2D eigenvalue weighted by atomic mass is 32.1. The summed E-state index contributed by atoms with van der Waals surface area (Å²) in [5.41, 5.74) is 0.408. The Bertz CT molecular complexity index is 676. The van der Waals surface area contributed by atoms with Crippen molar-refractivity contribution in [3.05, 3.63) is 40.3 Å². The largest absolute Gasteiger partial charge is 0.350 e. The van der Waals surface area contributed by atoms with Gasteiger partial charge in [0.25, 0.3) is 11.8 Å². The molecule has 0 aliphatic carbocycles. The molecule has 0 aromatic carbocycles. The number of aromatic nitrogens is 2. The summed E-state index contributed by atoms with van der Waals surface area (Å²) < 4.78 is 1.86. The maximum absolute atomic E-state index is 12.1. The highest BCUT2D eigenvalue weighted by Gasteiger charge is 2.17. The first-order valence-electron chi connectivity index (χ1n) is 8.10. The van der Waals surface area contributed by atoms with Crippen molar-refractivity contribution in [2.45, 2.75) is 18.9 Å². The van der Waals surface area contributed by atoms with Crippen LogP contribution in [0.1, 0.15) is 39.0 Å². The molecule has 1 aliphatic rings. The van der Waals surface area contributed by atoms with Gasteiger partial charge in [-0.15, -0.1) is 11.3 Å². The summed E-state index contributed by atoms with van der Waals surface area (Å²) in [7, 11) is 0. The lowest BCUT2D eigenvalue weighted by Gasteiger charge is -2.22. The third-order valence-corrected chi connectivity index (χ3v) is 4.80. The quantitative estimate of drug-likeness (QED) is 0.681. The van der Waals surface area contributed by atoms with Gasteiger partial charge in [-0.2, -0.15) is 5.10 Å². The van der Waals surface area contributed by atoms with Crippen LogP contribution in [0.15, 0.2) is 29.8 Å². The van der Waals surface area contributed by atoms with Gasteiger partial charge in [-0.05, 0) is 36.9 Å². The SMILES string of the molecule is O=C(NCCNC(=O)c1cccs1)c1ccn(C2CCCNC2)n1. The van der Waals surface area contributed by atoms with Gasteiger partial charge in [0.05, 0.1) is 10.9 Å². The predicted molar refractivity (Wildman–Crippen MR) is 92.4 cm³/mol. The summed E-state index contributed by atoms with van der Waals surface area (Å²) in [6, 6.07) is 5.64. The van der Waals surface area contributed by atoms with Crippen LogP contribution in [-0.4, -0.2) is 47.8 Å². The lowest BCUT2D eigenvalue weighted by molar-refractivity contribution is 0.0926. The van der Waals surface area contributed by atoms with Crippen LogP contribution < -0.4 is 16.0 Å². The van der Waals surface area contributed by atoms with Crippen LogP contribution in [0.2, 0.25) is 0 Å². The Kier molecular flexibility index (Phi) is 5.60. The Balaban J connectivity index is 1.42. The van der Waals surface area contributed by atoms with Crippen molar-refractivity contribution in [2.75, 3.05) is 26.2 Å². The number of hydrogen-bond acceptors (Lipinski definition) is 5. The molecule has 1 aliphatic heterocycles. The molecule has 0 saturated carbocycles. The smallest absolute Gasteiger partial charge is 0.271 e. The number of thiophene rings is 1. The average molecular weight is 347 g/mol. The molecule has 3 heterocycles. The molecule has 0 bridgehead atoms. The minimum atomic E-state index is -0.220. The highest BCUT2D eigenvalue weighted by Crippen LogP contribution is 2.15. The van der Waals surface area contributed by atoms with Gasteiger partial charge in [-0.1, -0.05) is 6.07 Å². The van der Waals surface area contributed by atoms with E-state index in [9.17, 15) is 9.59 Å². The summed E-state index contributed by atoms with van der Waals surface area (Å²) >= 11 is 1.39. The van der Waals surface area contributed by atoms with E-state index in [1.165, 1.54) is 11.3 Å². The summed E-state index contributed by atoms with van der Waals surface area (Å²) in [5, 5.41) is 15.1. The molecule has 1 fully saturated rings. The number of rotatable bonds is 6. The van der Waals surface area contributed by atoms with Gasteiger partial charge in [0.1, 0.15) is 5.69 Å². The first-order chi connectivity index (χ1) is 11.7. The fourth-order valence-electron chi connectivity index (χ4n) is 2.66. The van der Waals surface area contributed by atoms with Crippen LogP contribution in [0.4, 0.5) is 0 Å². The molecule has 3 rings (SSSR count). The second kappa shape index (κ2) is 8.07. The molecule has 1 saturated heterocycles. The molecule has 2 aromatic rings. The van der Waals surface area contributed by atoms with E-state index < -0.39 is 0 Å². The molecule has 8 heteroatoms. The van der Waals surface area contributed by atoms with Gasteiger partial charge in [0.2, 0.25) is 0 Å². The summed E-state index contributed by atoms with van der Waals surface area (Å²) in [6.45, 7) is 2.68. The Labute approximate surface area is 144 Å². The Hall–Kier alpha value is -2.19. The lowest BCUT2D eigenvalue weighted by Crippen LogP contribution is -2.35. The number of carbonyl (C=O) groups is 2. The Morgan fingerprint density at radius 3 is 2.83 bits per heavy atom. The molecule has 2 aromatic heterocycles. The van der Waals surface area contributed by atoms with Gasteiger partial charge in [-0.25, -0.2) is 0 Å². The van der Waals surface area contributed by atoms with Crippen LogP contribution in [0, 0.1) is 0 Å². The number of amides is 2. The van der Waals surface area contributed by atoms with Crippen molar-refractivity contribution in [1.29, 1.82) is 0 Å². The van der Waals surface area contributed by atoms with E-state index in [1.807, 2.05) is 22.3 Å². The second-order valence-corrected chi connectivity index (χ2v) is 6.62. The lowest BCUT2D eigenvalue weighted by atomic mass is 10.1. The van der Waals surface area contributed by atoms with E-state index in [4.69, 9.17) is 0 Å². The number of piperidine rings is 1. The number of nitrogens with zero attached hydrogens (tertiary/aromatic N) is 2. The van der Waals surface area contributed by atoms with E-state index in [0.717, 1.165) is 25.9 Å². The van der Waals surface area contributed by atoms with Gasteiger partial charge >= 0.3 is 0 Å². The first-order valence-corrected chi connectivity index (χ1v) is 8.98. The number of nitrogens with one attached hydrogen (secondary N) is 3. The summed E-state index contributed by atoms with van der Waals surface area (Å²) in [6.07, 6.45) is 4.05. The molecule has 2 amide bonds. The minimum absolute atomic E-state index is 0.117. The van der Waals surface area contributed by atoms with Crippen LogP contribution in [0.25, 0.3) is 0 Å². The second-order valence-electron chi connectivity index (χ2n) is 5.67. The summed E-state index contributed by atoms with van der Waals surface area (Å²) in [4.78, 5) is 24.5. The number of hydrogen-bond donors (Lipinski definition) is 3. The zero-order chi connectivity index (χ0) is 16.8. The van der Waals surface area contributed by atoms with E-state index in [1.54, 1.807) is 12.1 Å². The predicted octanol–water partition coefficient (Wildman–Crippen LogP) is 1.03. The fraction of sp³-hybridized carbons (Fsp3) is 0.438. The maximum Gasteiger partial charge on any atom is 0.271 e. The molecular weight excluding hydrogens is 326 g/mol. The van der Waals surface area contributed by atoms with E-state index >= 15 is 0 Å². The highest BCUT2D eigenvalue weighted by molar-refractivity contribution is 7.12. The van der Waals surface area contributed by atoms with Crippen molar-refractivity contribution < 1.29 is 9.59 Å². The van der Waals surface area contributed by atoms with Crippen LogP contribution in [-0.2, 0) is 0 Å². The third kappa shape index (κ3) is 4.21. The Morgan fingerprint density at radius 2 is 2.12 bits per heavy atom. The third-order valence-electron chi connectivity index (χ3n) is 3.93. The van der Waals surface area contributed by atoms with Crippen LogP contribution in [0.3, 0.4) is 0 Å². The molecule has 1 unspecified atom stereocenters. The van der Waals surface area contributed by atoms with Gasteiger partial charge in [-0.3, -0.25) is 14.3 Å². The van der Waals surface area contributed by atoms with Gasteiger partial charge < -0.3 is 16.0 Å². The zero-order valence-corrected chi connectivity index (χ0v) is 14.1. The fourth-order valence-corrected chi connectivity index (χ4v) is 3.30. The molecule has 1 atom stereocenters. The van der Waals surface area contributed by atoms with Crippen molar-refractivity contribution in [1.82, 2.24) is 25.7 Å². The normalized spacial score (nSPS) is 17.4. The van der Waals surface area contributed by atoms with E-state index in [0.29, 0.717) is 29.7 Å². The monoisotopic (exact) mass is 347 g/mol. The van der Waals surface area contributed by atoms with Gasteiger partial charge in [0.15, 0.2) is 0 Å². The van der Waals surface area contributed by atoms with Gasteiger partial charge in [0, 0.05) is 25.8 Å². The maximum atomic E-state index is 12.1. The zero-order valence-electron chi connectivity index (χ0n) is 13.3. The molecule has 3 N–H and O–H groups in total. The van der Waals surface area contributed by atoms with E-state index in [-0.39, 0.29) is 11.8 Å². The van der Waals surface area contributed by atoms with Crippen molar-refractivity contribution in [2.24, 2.45) is 0 Å². The molecular formula is C16H21N5O2S. The number of carbonyl (C=O) groups excluding carboxylic acids is 2. The molecule has 0 spiro atoms. The topological polar surface area (TPSA) is 88.0 Å². The van der Waals surface area contributed by atoms with Crippen LogP contribution in [0.5, 0.6) is 0 Å². The molecule has 0 radical (unpaired) electrons. The first kappa shape index (κ1) is 16.7. The van der Waals surface area contributed by atoms with Crippen LogP contribution >= 0.6 is 11.3 Å². The molecule has 24 heavy (non-hydrogen) atoms. The molecule has 128 valence electrons. The Morgan fingerprint density at radius 1 is 1.29 bits per heavy atom. The van der Waals surface area contributed by atoms with Crippen molar-refractivity contribution in [3.63, 3.8) is 0 Å². The summed E-state index contributed by atoms with van der Waals surface area (Å²) in [5.74, 6) is -0.337. The van der Waals surface area contributed by atoms with Crippen molar-refractivity contribution >= 4 is 23.2 Å². The minimum Gasteiger partial charge on any atom is -0.350 e. The standard InChI is InChI=1S/C16H21N5O2S/c22-15(18-7-8-19-16(23)14-4-2-10-24-14)13-5-9-21(20-13)12-3-1-6-17-11-12/h2,4-5,9-10,12,17H,1,3,6-8,11H2,(H,18,22)(H,19,23). The van der Waals surface area contributed by atoms with E-state index in [2.05, 4.69) is 21.0 Å². The van der Waals surface area contributed by atoms with Crippen molar-refractivity contribution in [3.8, 4) is 0 Å².